The van der Waals surface area contributed by atoms with Crippen molar-refractivity contribution in [1.82, 2.24) is 0 Å². The van der Waals surface area contributed by atoms with Crippen LogP contribution in [0.5, 0.6) is 0 Å². The fourth-order valence-corrected chi connectivity index (χ4v) is 4.04. The van der Waals surface area contributed by atoms with E-state index in [4.69, 9.17) is 23.2 Å². The fraction of sp³-hybridized carbons (Fsp3) is 0.571. The lowest BCUT2D eigenvalue weighted by atomic mass is 9.82. The van der Waals surface area contributed by atoms with Gasteiger partial charge in [-0.05, 0) is 36.8 Å². The zero-order chi connectivity index (χ0) is 13.1. The Balaban J connectivity index is 1.97. The SMILES string of the molecule is CC1CCCC(CNc2c(Cl)cc(Br)cc2Cl)C1. The Bertz CT molecular complexity index is 399. The molecule has 1 aliphatic carbocycles. The van der Waals surface area contributed by atoms with E-state index in [-0.39, 0.29) is 0 Å². The molecule has 0 bridgehead atoms. The average molecular weight is 351 g/mol. The third-order valence-electron chi connectivity index (χ3n) is 3.62. The molecule has 0 saturated heterocycles. The second-order valence-electron chi connectivity index (χ2n) is 5.26. The van der Waals surface area contributed by atoms with Crippen LogP contribution in [0.15, 0.2) is 16.6 Å². The maximum absolute atomic E-state index is 6.20. The van der Waals surface area contributed by atoms with E-state index in [1.807, 2.05) is 12.1 Å². The number of hydrogen-bond donors (Lipinski definition) is 1. The van der Waals surface area contributed by atoms with Gasteiger partial charge in [0.05, 0.1) is 15.7 Å². The summed E-state index contributed by atoms with van der Waals surface area (Å²) in [4.78, 5) is 0. The third kappa shape index (κ3) is 3.79. The van der Waals surface area contributed by atoms with Crippen LogP contribution in [0.4, 0.5) is 5.69 Å². The smallest absolute Gasteiger partial charge is 0.0719 e. The van der Waals surface area contributed by atoms with Gasteiger partial charge in [-0.2, -0.15) is 0 Å². The van der Waals surface area contributed by atoms with Crippen molar-refractivity contribution in [1.29, 1.82) is 0 Å². The van der Waals surface area contributed by atoms with Gasteiger partial charge in [0, 0.05) is 11.0 Å². The lowest BCUT2D eigenvalue weighted by Crippen LogP contribution is -2.21. The van der Waals surface area contributed by atoms with Crippen LogP contribution >= 0.6 is 39.1 Å². The predicted octanol–water partition coefficient (Wildman–Crippen LogP) is 5.99. The van der Waals surface area contributed by atoms with E-state index in [2.05, 4.69) is 28.2 Å². The van der Waals surface area contributed by atoms with Gasteiger partial charge in [0.2, 0.25) is 0 Å². The van der Waals surface area contributed by atoms with E-state index in [0.29, 0.717) is 10.0 Å². The molecule has 0 spiro atoms. The van der Waals surface area contributed by atoms with Crippen molar-refractivity contribution in [3.05, 3.63) is 26.7 Å². The van der Waals surface area contributed by atoms with Gasteiger partial charge in [-0.15, -0.1) is 0 Å². The molecule has 1 aromatic rings. The molecule has 100 valence electrons. The predicted molar refractivity (Wildman–Crippen MR) is 83.8 cm³/mol. The Hall–Kier alpha value is 0.0800. The van der Waals surface area contributed by atoms with Gasteiger partial charge in [-0.3, -0.25) is 0 Å². The molecular formula is C14H18BrCl2N. The summed E-state index contributed by atoms with van der Waals surface area (Å²) in [5.74, 6) is 1.59. The molecule has 18 heavy (non-hydrogen) atoms. The summed E-state index contributed by atoms with van der Waals surface area (Å²) in [6.45, 7) is 3.30. The van der Waals surface area contributed by atoms with Crippen LogP contribution in [0.1, 0.15) is 32.6 Å². The van der Waals surface area contributed by atoms with Gasteiger partial charge in [-0.1, -0.05) is 58.9 Å². The molecule has 0 aliphatic heterocycles. The number of anilines is 1. The molecule has 1 N–H and O–H groups in total. The standard InChI is InChI=1S/C14H18BrCl2N/c1-9-3-2-4-10(5-9)8-18-14-12(16)6-11(15)7-13(14)17/h6-7,9-10,18H,2-5,8H2,1H3. The second kappa shape index (κ2) is 6.49. The molecule has 0 heterocycles. The lowest BCUT2D eigenvalue weighted by molar-refractivity contribution is 0.293. The van der Waals surface area contributed by atoms with Crippen molar-refractivity contribution in [3.63, 3.8) is 0 Å². The van der Waals surface area contributed by atoms with Crippen LogP contribution in [-0.2, 0) is 0 Å². The minimum Gasteiger partial charge on any atom is -0.382 e. The summed E-state index contributed by atoms with van der Waals surface area (Å²) >= 11 is 15.8. The van der Waals surface area contributed by atoms with Gasteiger partial charge in [0.25, 0.3) is 0 Å². The quantitative estimate of drug-likeness (QED) is 0.705. The van der Waals surface area contributed by atoms with Gasteiger partial charge >= 0.3 is 0 Å². The Morgan fingerprint density at radius 2 is 1.94 bits per heavy atom. The van der Waals surface area contributed by atoms with E-state index in [1.54, 1.807) is 0 Å². The first-order valence-electron chi connectivity index (χ1n) is 6.44. The highest BCUT2D eigenvalue weighted by Crippen LogP contribution is 2.35. The maximum Gasteiger partial charge on any atom is 0.0719 e. The summed E-state index contributed by atoms with van der Waals surface area (Å²) in [7, 11) is 0. The van der Waals surface area contributed by atoms with Gasteiger partial charge < -0.3 is 5.32 Å². The Morgan fingerprint density at radius 1 is 1.28 bits per heavy atom. The van der Waals surface area contributed by atoms with Crippen molar-refractivity contribution in [3.8, 4) is 0 Å². The molecule has 1 fully saturated rings. The molecule has 0 amide bonds. The molecule has 2 rings (SSSR count). The molecule has 1 saturated carbocycles. The second-order valence-corrected chi connectivity index (χ2v) is 6.99. The summed E-state index contributed by atoms with van der Waals surface area (Å²) in [5, 5.41) is 4.77. The van der Waals surface area contributed by atoms with Crippen LogP contribution in [0.2, 0.25) is 10.0 Å². The summed E-state index contributed by atoms with van der Waals surface area (Å²) < 4.78 is 0.911. The normalized spacial score (nSPS) is 24.0. The van der Waals surface area contributed by atoms with Crippen molar-refractivity contribution in [2.24, 2.45) is 11.8 Å². The number of nitrogens with one attached hydrogen (secondary N) is 1. The zero-order valence-electron chi connectivity index (χ0n) is 10.5. The van der Waals surface area contributed by atoms with Gasteiger partial charge in [0.15, 0.2) is 0 Å². The zero-order valence-corrected chi connectivity index (χ0v) is 13.6. The first kappa shape index (κ1) is 14.5. The summed E-state index contributed by atoms with van der Waals surface area (Å²) in [5.41, 5.74) is 0.861. The van der Waals surface area contributed by atoms with Crippen LogP contribution in [0.3, 0.4) is 0 Å². The minimum atomic E-state index is 0.679. The number of rotatable bonds is 3. The van der Waals surface area contributed by atoms with Gasteiger partial charge in [0.1, 0.15) is 0 Å². The van der Waals surface area contributed by atoms with E-state index >= 15 is 0 Å². The Morgan fingerprint density at radius 3 is 2.56 bits per heavy atom. The van der Waals surface area contributed by atoms with E-state index in [0.717, 1.165) is 28.5 Å². The average Bonchev–Trinajstić information content (AvgIpc) is 2.27. The molecule has 0 radical (unpaired) electrons. The molecular weight excluding hydrogens is 333 g/mol. The first-order valence-corrected chi connectivity index (χ1v) is 7.99. The third-order valence-corrected chi connectivity index (χ3v) is 4.67. The molecule has 4 heteroatoms. The molecule has 0 aromatic heterocycles. The highest BCUT2D eigenvalue weighted by Gasteiger charge is 2.19. The number of benzene rings is 1. The largest absolute Gasteiger partial charge is 0.382 e. The minimum absolute atomic E-state index is 0.679. The first-order chi connectivity index (χ1) is 8.56. The molecule has 1 aliphatic rings. The number of hydrogen-bond acceptors (Lipinski definition) is 1. The van der Waals surface area contributed by atoms with Crippen molar-refractivity contribution in [2.75, 3.05) is 11.9 Å². The van der Waals surface area contributed by atoms with Gasteiger partial charge in [-0.25, -0.2) is 0 Å². The molecule has 2 unspecified atom stereocenters. The Kier molecular flexibility index (Phi) is 5.23. The molecule has 1 aromatic carbocycles. The van der Waals surface area contributed by atoms with Crippen LogP contribution in [0, 0.1) is 11.8 Å². The van der Waals surface area contributed by atoms with Crippen molar-refractivity contribution < 1.29 is 0 Å². The highest BCUT2D eigenvalue weighted by molar-refractivity contribution is 9.10. The topological polar surface area (TPSA) is 12.0 Å². The fourth-order valence-electron chi connectivity index (χ4n) is 2.70. The van der Waals surface area contributed by atoms with Crippen LogP contribution in [-0.4, -0.2) is 6.54 Å². The molecule has 1 nitrogen and oxygen atoms in total. The van der Waals surface area contributed by atoms with E-state index < -0.39 is 0 Å². The lowest BCUT2D eigenvalue weighted by Gasteiger charge is -2.27. The maximum atomic E-state index is 6.20. The van der Waals surface area contributed by atoms with E-state index in [9.17, 15) is 0 Å². The van der Waals surface area contributed by atoms with Crippen molar-refractivity contribution in [2.45, 2.75) is 32.6 Å². The van der Waals surface area contributed by atoms with Crippen molar-refractivity contribution >= 4 is 44.8 Å². The van der Waals surface area contributed by atoms with E-state index in [1.165, 1.54) is 25.7 Å². The highest BCUT2D eigenvalue weighted by atomic mass is 79.9. The summed E-state index contributed by atoms with van der Waals surface area (Å²) in [6, 6.07) is 3.75. The Labute approximate surface area is 127 Å². The molecule has 2 atom stereocenters. The van der Waals surface area contributed by atoms with Crippen LogP contribution in [0.25, 0.3) is 0 Å². The monoisotopic (exact) mass is 349 g/mol. The number of halogens is 3. The summed E-state index contributed by atoms with van der Waals surface area (Å²) in [6.07, 6.45) is 5.33. The van der Waals surface area contributed by atoms with Crippen LogP contribution < -0.4 is 5.32 Å².